The number of pyridine rings is 1. The normalized spacial score (nSPS) is 11.3. The first-order valence-corrected chi connectivity index (χ1v) is 8.56. The van der Waals surface area contributed by atoms with Crippen molar-refractivity contribution in [3.8, 4) is 0 Å². The zero-order chi connectivity index (χ0) is 14.9. The van der Waals surface area contributed by atoms with E-state index in [4.69, 9.17) is 5.73 Å². The molecule has 0 saturated carbocycles. The van der Waals surface area contributed by atoms with E-state index in [0.717, 1.165) is 0 Å². The second-order valence-corrected chi connectivity index (χ2v) is 7.49. The first-order valence-electron chi connectivity index (χ1n) is 5.49. The number of anilines is 2. The van der Waals surface area contributed by atoms with Gasteiger partial charge < -0.3 is 5.73 Å². The van der Waals surface area contributed by atoms with E-state index in [-0.39, 0.29) is 10.6 Å². The van der Waals surface area contributed by atoms with Crippen molar-refractivity contribution in [1.29, 1.82) is 0 Å². The van der Waals surface area contributed by atoms with Gasteiger partial charge in [0.2, 0.25) is 0 Å². The van der Waals surface area contributed by atoms with Crippen LogP contribution >= 0.6 is 31.9 Å². The van der Waals surface area contributed by atoms with E-state index >= 15 is 0 Å². The van der Waals surface area contributed by atoms with Crippen LogP contribution in [0.1, 0.15) is 5.69 Å². The second kappa shape index (κ2) is 5.71. The maximum atomic E-state index is 12.4. The highest BCUT2D eigenvalue weighted by atomic mass is 79.9. The fourth-order valence-corrected chi connectivity index (χ4v) is 4.80. The minimum absolute atomic E-state index is 0.00941. The molecule has 0 bridgehead atoms. The van der Waals surface area contributed by atoms with Crippen LogP contribution in [0.3, 0.4) is 0 Å². The van der Waals surface area contributed by atoms with Gasteiger partial charge >= 0.3 is 0 Å². The lowest BCUT2D eigenvalue weighted by atomic mass is 10.3. The third-order valence-electron chi connectivity index (χ3n) is 2.45. The van der Waals surface area contributed by atoms with E-state index in [9.17, 15) is 8.42 Å². The molecule has 0 saturated heterocycles. The maximum absolute atomic E-state index is 12.4. The maximum Gasteiger partial charge on any atom is 0.265 e. The highest BCUT2D eigenvalue weighted by molar-refractivity contribution is 9.11. The van der Waals surface area contributed by atoms with Crippen LogP contribution in [0, 0.1) is 6.92 Å². The first-order chi connectivity index (χ1) is 9.29. The van der Waals surface area contributed by atoms with E-state index < -0.39 is 10.0 Å². The van der Waals surface area contributed by atoms with E-state index in [0.29, 0.717) is 20.3 Å². The van der Waals surface area contributed by atoms with Gasteiger partial charge in [-0.15, -0.1) is 0 Å². The third-order valence-corrected chi connectivity index (χ3v) is 5.30. The SMILES string of the molecule is Cc1cc(NS(=O)(=O)c2c(N)cc(Br)cc2Br)ccn1. The Balaban J connectivity index is 2.46. The Hall–Kier alpha value is -1.12. The molecule has 0 aliphatic carbocycles. The van der Waals surface area contributed by atoms with Crippen LogP contribution in [0.4, 0.5) is 11.4 Å². The Morgan fingerprint density at radius 2 is 1.95 bits per heavy atom. The van der Waals surface area contributed by atoms with Crippen molar-refractivity contribution in [2.24, 2.45) is 0 Å². The lowest BCUT2D eigenvalue weighted by molar-refractivity contribution is 0.601. The van der Waals surface area contributed by atoms with Crippen LogP contribution in [0.25, 0.3) is 0 Å². The van der Waals surface area contributed by atoms with Crippen LogP contribution in [0.2, 0.25) is 0 Å². The van der Waals surface area contributed by atoms with Gasteiger partial charge in [-0.2, -0.15) is 0 Å². The van der Waals surface area contributed by atoms with Crippen molar-refractivity contribution in [3.05, 3.63) is 45.1 Å². The molecule has 0 radical (unpaired) electrons. The predicted octanol–water partition coefficient (Wildman–Crippen LogP) is 3.30. The molecule has 0 aliphatic heterocycles. The van der Waals surface area contributed by atoms with E-state index in [1.54, 1.807) is 25.1 Å². The molecule has 2 rings (SSSR count). The van der Waals surface area contributed by atoms with Crippen molar-refractivity contribution < 1.29 is 8.42 Å². The fourth-order valence-electron chi connectivity index (χ4n) is 1.68. The molecule has 1 aromatic carbocycles. The molecule has 1 aromatic heterocycles. The van der Waals surface area contributed by atoms with Crippen LogP contribution in [0.5, 0.6) is 0 Å². The van der Waals surface area contributed by atoms with E-state index in [2.05, 4.69) is 41.6 Å². The topological polar surface area (TPSA) is 85.1 Å². The minimum Gasteiger partial charge on any atom is -0.398 e. The molecule has 0 unspecified atom stereocenters. The number of aromatic nitrogens is 1. The largest absolute Gasteiger partial charge is 0.398 e. The number of hydrogen-bond acceptors (Lipinski definition) is 4. The number of hydrogen-bond donors (Lipinski definition) is 2. The number of benzene rings is 1. The Morgan fingerprint density at radius 1 is 1.25 bits per heavy atom. The van der Waals surface area contributed by atoms with Crippen LogP contribution in [0.15, 0.2) is 44.3 Å². The highest BCUT2D eigenvalue weighted by Crippen LogP contribution is 2.32. The van der Waals surface area contributed by atoms with Crippen LogP contribution in [-0.4, -0.2) is 13.4 Å². The van der Waals surface area contributed by atoms with Gasteiger partial charge in [0.25, 0.3) is 10.0 Å². The number of sulfonamides is 1. The number of halogens is 2. The standard InChI is InChI=1S/C12H11Br2N3O2S/c1-7-4-9(2-3-16-7)17-20(18,19)12-10(14)5-8(13)6-11(12)15/h2-6H,15H2,1H3,(H,16,17). The number of nitrogen functional groups attached to an aromatic ring is 1. The lowest BCUT2D eigenvalue weighted by Crippen LogP contribution is -2.15. The summed E-state index contributed by atoms with van der Waals surface area (Å²) in [4.78, 5) is 4.02. The van der Waals surface area contributed by atoms with Crippen molar-refractivity contribution in [2.75, 3.05) is 10.5 Å². The quantitative estimate of drug-likeness (QED) is 0.746. The molecule has 3 N–H and O–H groups in total. The number of nitrogens with two attached hydrogens (primary N) is 1. The zero-order valence-corrected chi connectivity index (χ0v) is 14.4. The predicted molar refractivity (Wildman–Crippen MR) is 86.0 cm³/mol. The molecule has 106 valence electrons. The molecule has 0 spiro atoms. The summed E-state index contributed by atoms with van der Waals surface area (Å²) in [5, 5.41) is 0. The Kier molecular flexibility index (Phi) is 4.36. The fraction of sp³-hybridized carbons (Fsp3) is 0.0833. The van der Waals surface area contributed by atoms with Crippen molar-refractivity contribution in [2.45, 2.75) is 11.8 Å². The van der Waals surface area contributed by atoms with Gasteiger partial charge in [0.15, 0.2) is 0 Å². The molecule has 20 heavy (non-hydrogen) atoms. The lowest BCUT2D eigenvalue weighted by Gasteiger charge is -2.12. The van der Waals surface area contributed by atoms with Gasteiger partial charge in [-0.25, -0.2) is 8.42 Å². The van der Waals surface area contributed by atoms with E-state index in [1.807, 2.05) is 0 Å². The highest BCUT2D eigenvalue weighted by Gasteiger charge is 2.21. The number of aryl methyl sites for hydroxylation is 1. The molecule has 0 aliphatic rings. The number of nitrogens with one attached hydrogen (secondary N) is 1. The van der Waals surface area contributed by atoms with Crippen LogP contribution < -0.4 is 10.5 Å². The number of rotatable bonds is 3. The molecule has 1 heterocycles. The molecular formula is C12H11Br2N3O2S. The van der Waals surface area contributed by atoms with Crippen LogP contribution in [-0.2, 0) is 10.0 Å². The van der Waals surface area contributed by atoms with Gasteiger partial charge in [0, 0.05) is 20.8 Å². The van der Waals surface area contributed by atoms with Crippen molar-refractivity contribution >= 4 is 53.3 Å². The second-order valence-electron chi connectivity index (χ2n) is 4.10. The van der Waals surface area contributed by atoms with Gasteiger partial charge in [-0.05, 0) is 47.1 Å². The zero-order valence-electron chi connectivity index (χ0n) is 10.4. The molecule has 0 amide bonds. The Morgan fingerprint density at radius 3 is 2.55 bits per heavy atom. The van der Waals surface area contributed by atoms with Gasteiger partial charge in [0.1, 0.15) is 4.90 Å². The Labute approximate surface area is 133 Å². The van der Waals surface area contributed by atoms with Gasteiger partial charge in [-0.1, -0.05) is 15.9 Å². The molecule has 5 nitrogen and oxygen atoms in total. The average Bonchev–Trinajstić information content (AvgIpc) is 2.25. The summed E-state index contributed by atoms with van der Waals surface area (Å²) in [6.07, 6.45) is 1.53. The van der Waals surface area contributed by atoms with Crippen molar-refractivity contribution in [1.82, 2.24) is 4.98 Å². The monoisotopic (exact) mass is 419 g/mol. The average molecular weight is 421 g/mol. The van der Waals surface area contributed by atoms with Gasteiger partial charge in [-0.3, -0.25) is 9.71 Å². The summed E-state index contributed by atoms with van der Waals surface area (Å²) < 4.78 is 28.4. The summed E-state index contributed by atoms with van der Waals surface area (Å²) in [5.41, 5.74) is 7.11. The summed E-state index contributed by atoms with van der Waals surface area (Å²) in [5.74, 6) is 0. The molecule has 0 fully saturated rings. The number of nitrogens with zero attached hydrogens (tertiary/aromatic N) is 1. The first kappa shape index (κ1) is 15.3. The summed E-state index contributed by atoms with van der Waals surface area (Å²) in [7, 11) is -3.78. The van der Waals surface area contributed by atoms with Gasteiger partial charge in [0.05, 0.1) is 11.4 Å². The summed E-state index contributed by atoms with van der Waals surface area (Å²) >= 11 is 6.48. The molecule has 8 heteroatoms. The Bertz CT molecular complexity index is 740. The van der Waals surface area contributed by atoms with E-state index in [1.165, 1.54) is 12.3 Å². The smallest absolute Gasteiger partial charge is 0.265 e. The minimum atomic E-state index is -3.78. The molecular weight excluding hydrogens is 410 g/mol. The molecule has 2 aromatic rings. The molecule has 0 atom stereocenters. The summed E-state index contributed by atoms with van der Waals surface area (Å²) in [6.45, 7) is 1.78. The van der Waals surface area contributed by atoms with Crippen molar-refractivity contribution in [3.63, 3.8) is 0 Å². The third kappa shape index (κ3) is 3.31. The summed E-state index contributed by atoms with van der Waals surface area (Å²) in [6, 6.07) is 6.38.